The molecule has 1 unspecified atom stereocenters. The number of ether oxygens (including phenoxy) is 1. The van der Waals surface area contributed by atoms with Gasteiger partial charge in [-0.05, 0) is 18.9 Å². The summed E-state index contributed by atoms with van der Waals surface area (Å²) >= 11 is 0. The number of carbonyl (C=O) groups is 2. The summed E-state index contributed by atoms with van der Waals surface area (Å²) in [7, 11) is 0. The molecule has 134 valence electrons. The Balaban J connectivity index is 1.87. The van der Waals surface area contributed by atoms with Crippen LogP contribution in [0.3, 0.4) is 0 Å². The monoisotopic (exact) mass is 345 g/mol. The van der Waals surface area contributed by atoms with E-state index in [1.165, 1.54) is 17.2 Å². The lowest BCUT2D eigenvalue weighted by Crippen LogP contribution is -2.45. The minimum absolute atomic E-state index is 0.0601. The third kappa shape index (κ3) is 6.04. The van der Waals surface area contributed by atoms with Crippen LogP contribution in [-0.2, 0) is 20.9 Å². The van der Waals surface area contributed by atoms with Crippen LogP contribution in [0.5, 0.6) is 0 Å². The smallest absolute Gasteiger partial charge is 0.249 e. The summed E-state index contributed by atoms with van der Waals surface area (Å²) in [4.78, 5) is 26.1. The van der Waals surface area contributed by atoms with E-state index in [0.29, 0.717) is 12.4 Å². The Kier molecular flexibility index (Phi) is 7.16. The second-order valence-corrected chi connectivity index (χ2v) is 5.69. The predicted octanol–water partition coefficient (Wildman–Crippen LogP) is 2.46. The third-order valence-corrected chi connectivity index (χ3v) is 3.80. The molecule has 1 aromatic heterocycles. The van der Waals surface area contributed by atoms with Crippen molar-refractivity contribution in [1.82, 2.24) is 10.1 Å². The highest BCUT2D eigenvalue weighted by Crippen LogP contribution is 2.08. The van der Waals surface area contributed by atoms with Crippen LogP contribution in [0.25, 0.3) is 0 Å². The third-order valence-electron chi connectivity index (χ3n) is 3.80. The van der Waals surface area contributed by atoms with Crippen LogP contribution in [0.15, 0.2) is 47.2 Å². The van der Waals surface area contributed by atoms with Crippen molar-refractivity contribution in [3.05, 3.63) is 48.2 Å². The highest BCUT2D eigenvalue weighted by atomic mass is 16.5. The first kappa shape index (κ1) is 18.7. The van der Waals surface area contributed by atoms with Gasteiger partial charge in [0.25, 0.3) is 0 Å². The number of hydrogen-bond acceptors (Lipinski definition) is 5. The Bertz CT molecular complexity index is 658. The van der Waals surface area contributed by atoms with E-state index in [1.54, 1.807) is 0 Å². The van der Waals surface area contributed by atoms with Crippen LogP contribution in [0.2, 0.25) is 0 Å². The summed E-state index contributed by atoms with van der Waals surface area (Å²) in [6.07, 6.45) is 2.10. The molecule has 7 nitrogen and oxygen atoms in total. The van der Waals surface area contributed by atoms with Gasteiger partial charge in [-0.3, -0.25) is 9.59 Å². The number of rotatable bonds is 9. The van der Waals surface area contributed by atoms with E-state index in [9.17, 15) is 9.59 Å². The molecule has 1 aromatic carbocycles. The highest BCUT2D eigenvalue weighted by molar-refractivity contribution is 5.94. The van der Waals surface area contributed by atoms with E-state index in [-0.39, 0.29) is 31.0 Å². The van der Waals surface area contributed by atoms with E-state index >= 15 is 0 Å². The summed E-state index contributed by atoms with van der Waals surface area (Å²) in [6, 6.07) is 11.1. The standard InChI is InChI=1S/C18H23N3O4/c1-3-14(2)21(11-17(22)19-16-9-10-25-20-16)18(23)13-24-12-15-7-5-4-6-8-15/h4-10,14H,3,11-13H2,1-2H3,(H,19,20,22). The number of aromatic nitrogens is 1. The number of carbonyl (C=O) groups excluding carboxylic acids is 2. The summed E-state index contributed by atoms with van der Waals surface area (Å²) in [5.74, 6) is -0.229. The zero-order valence-electron chi connectivity index (χ0n) is 14.5. The Hall–Kier alpha value is -2.67. The van der Waals surface area contributed by atoms with Gasteiger partial charge in [-0.2, -0.15) is 0 Å². The quantitative estimate of drug-likeness (QED) is 0.754. The Labute approximate surface area is 146 Å². The van der Waals surface area contributed by atoms with E-state index in [0.717, 1.165) is 12.0 Å². The molecule has 0 bridgehead atoms. The second-order valence-electron chi connectivity index (χ2n) is 5.69. The fourth-order valence-corrected chi connectivity index (χ4v) is 2.24. The highest BCUT2D eigenvalue weighted by Gasteiger charge is 2.22. The normalized spacial score (nSPS) is 11.8. The molecule has 25 heavy (non-hydrogen) atoms. The minimum Gasteiger partial charge on any atom is -0.367 e. The van der Waals surface area contributed by atoms with Gasteiger partial charge in [0.05, 0.1) is 6.61 Å². The maximum Gasteiger partial charge on any atom is 0.249 e. The van der Waals surface area contributed by atoms with Gasteiger partial charge >= 0.3 is 0 Å². The lowest BCUT2D eigenvalue weighted by atomic mass is 10.2. The van der Waals surface area contributed by atoms with Crippen LogP contribution < -0.4 is 5.32 Å². The van der Waals surface area contributed by atoms with Crippen LogP contribution in [-0.4, -0.2) is 41.1 Å². The molecular formula is C18H23N3O4. The van der Waals surface area contributed by atoms with Gasteiger partial charge < -0.3 is 19.5 Å². The minimum atomic E-state index is -0.328. The first-order valence-corrected chi connectivity index (χ1v) is 8.21. The topological polar surface area (TPSA) is 84.7 Å². The van der Waals surface area contributed by atoms with Crippen LogP contribution in [0.1, 0.15) is 25.8 Å². The Morgan fingerprint density at radius 3 is 2.68 bits per heavy atom. The zero-order chi connectivity index (χ0) is 18.1. The molecule has 0 radical (unpaired) electrons. The van der Waals surface area contributed by atoms with Gasteiger partial charge in [0.15, 0.2) is 5.82 Å². The summed E-state index contributed by atoms with van der Waals surface area (Å²) in [5, 5.41) is 6.21. The molecule has 2 amide bonds. The molecule has 1 heterocycles. The number of anilines is 1. The lowest BCUT2D eigenvalue weighted by Gasteiger charge is -2.27. The maximum absolute atomic E-state index is 12.5. The van der Waals surface area contributed by atoms with Gasteiger partial charge in [0, 0.05) is 12.1 Å². The molecule has 0 saturated heterocycles. The predicted molar refractivity (Wildman–Crippen MR) is 92.7 cm³/mol. The Morgan fingerprint density at radius 1 is 1.28 bits per heavy atom. The largest absolute Gasteiger partial charge is 0.367 e. The number of hydrogen-bond donors (Lipinski definition) is 1. The average Bonchev–Trinajstić information content (AvgIpc) is 3.12. The molecule has 0 aliphatic rings. The van der Waals surface area contributed by atoms with E-state index < -0.39 is 0 Å². The van der Waals surface area contributed by atoms with Gasteiger partial charge in [0.1, 0.15) is 19.4 Å². The number of nitrogens with zero attached hydrogens (tertiary/aromatic N) is 2. The van der Waals surface area contributed by atoms with Crippen molar-refractivity contribution < 1.29 is 18.8 Å². The molecule has 2 rings (SSSR count). The summed E-state index contributed by atoms with van der Waals surface area (Å²) in [5.41, 5.74) is 0.995. The second kappa shape index (κ2) is 9.58. The van der Waals surface area contributed by atoms with Gasteiger partial charge in [-0.1, -0.05) is 42.4 Å². The van der Waals surface area contributed by atoms with Crippen molar-refractivity contribution in [3.8, 4) is 0 Å². The van der Waals surface area contributed by atoms with Crippen molar-refractivity contribution in [2.75, 3.05) is 18.5 Å². The molecule has 0 spiro atoms. The van der Waals surface area contributed by atoms with Crippen molar-refractivity contribution in [1.29, 1.82) is 0 Å². The van der Waals surface area contributed by atoms with E-state index in [4.69, 9.17) is 4.74 Å². The molecule has 0 fully saturated rings. The molecule has 1 atom stereocenters. The van der Waals surface area contributed by atoms with Crippen molar-refractivity contribution in [2.45, 2.75) is 32.9 Å². The maximum atomic E-state index is 12.5. The lowest BCUT2D eigenvalue weighted by molar-refractivity contribution is -0.141. The van der Waals surface area contributed by atoms with Gasteiger partial charge in [-0.15, -0.1) is 0 Å². The van der Waals surface area contributed by atoms with E-state index in [1.807, 2.05) is 44.2 Å². The summed E-state index contributed by atoms with van der Waals surface area (Å²) < 4.78 is 10.2. The molecule has 2 aromatic rings. The number of amides is 2. The first-order valence-electron chi connectivity index (χ1n) is 8.21. The van der Waals surface area contributed by atoms with Crippen LogP contribution >= 0.6 is 0 Å². The first-order chi connectivity index (χ1) is 12.1. The van der Waals surface area contributed by atoms with Crippen molar-refractivity contribution in [3.63, 3.8) is 0 Å². The van der Waals surface area contributed by atoms with Crippen LogP contribution in [0.4, 0.5) is 5.82 Å². The average molecular weight is 345 g/mol. The van der Waals surface area contributed by atoms with Crippen molar-refractivity contribution >= 4 is 17.6 Å². The fraction of sp³-hybridized carbons (Fsp3) is 0.389. The van der Waals surface area contributed by atoms with Crippen molar-refractivity contribution in [2.24, 2.45) is 0 Å². The zero-order valence-corrected chi connectivity index (χ0v) is 14.5. The van der Waals surface area contributed by atoms with Gasteiger partial charge in [0.2, 0.25) is 11.8 Å². The molecule has 7 heteroatoms. The molecule has 0 aliphatic carbocycles. The number of benzene rings is 1. The molecule has 1 N–H and O–H groups in total. The fourth-order valence-electron chi connectivity index (χ4n) is 2.24. The van der Waals surface area contributed by atoms with E-state index in [2.05, 4.69) is 15.0 Å². The SMILES string of the molecule is CCC(C)N(CC(=O)Nc1ccon1)C(=O)COCc1ccccc1. The van der Waals surface area contributed by atoms with Crippen LogP contribution in [0, 0.1) is 0 Å². The molecular weight excluding hydrogens is 322 g/mol. The number of nitrogens with one attached hydrogen (secondary N) is 1. The Morgan fingerprint density at radius 2 is 2.04 bits per heavy atom. The van der Waals surface area contributed by atoms with Gasteiger partial charge in [-0.25, -0.2) is 0 Å². The molecule has 0 aliphatic heterocycles. The summed E-state index contributed by atoms with van der Waals surface area (Å²) in [6.45, 7) is 4.09. The molecule has 0 saturated carbocycles.